The van der Waals surface area contributed by atoms with Gasteiger partial charge in [0.05, 0.1) is 0 Å². The molecule has 1 aromatic carbocycles. The predicted molar refractivity (Wildman–Crippen MR) is 62.3 cm³/mol. The molecule has 0 saturated carbocycles. The molecule has 1 fully saturated rings. The van der Waals surface area contributed by atoms with Crippen LogP contribution in [0, 0.1) is 17.0 Å². The highest BCUT2D eigenvalue weighted by Gasteiger charge is 2.38. The average Bonchev–Trinajstić information content (AvgIpc) is 2.57. The molecule has 1 saturated heterocycles. The van der Waals surface area contributed by atoms with Crippen molar-refractivity contribution in [2.24, 2.45) is 0 Å². The van der Waals surface area contributed by atoms with Gasteiger partial charge in [-0.05, 0) is 31.5 Å². The molecule has 18 heavy (non-hydrogen) atoms. The number of carbonyl (C=O) groups excluding carboxylic acids is 1. The van der Waals surface area contributed by atoms with E-state index >= 15 is 0 Å². The van der Waals surface area contributed by atoms with Crippen molar-refractivity contribution in [1.29, 1.82) is 5.41 Å². The molecule has 1 aliphatic rings. The zero-order valence-electron chi connectivity index (χ0n) is 10.00. The van der Waals surface area contributed by atoms with E-state index in [4.69, 9.17) is 5.41 Å². The van der Waals surface area contributed by atoms with Crippen molar-refractivity contribution in [3.8, 4) is 0 Å². The van der Waals surface area contributed by atoms with E-state index in [2.05, 4.69) is 5.32 Å². The van der Waals surface area contributed by atoms with Crippen LogP contribution in [-0.4, -0.2) is 22.8 Å². The smallest absolute Gasteiger partial charge is 0.308 e. The number of hydrogen-bond donors (Lipinski definition) is 2. The fraction of sp³-hybridized carbons (Fsp3) is 0.333. The van der Waals surface area contributed by atoms with Gasteiger partial charge in [0, 0.05) is 6.04 Å². The van der Waals surface area contributed by atoms with Gasteiger partial charge in [-0.2, -0.15) is 0 Å². The fourth-order valence-electron chi connectivity index (χ4n) is 2.05. The minimum Gasteiger partial charge on any atom is -0.308 e. The van der Waals surface area contributed by atoms with Crippen LogP contribution in [0.25, 0.3) is 0 Å². The second-order valence-electron chi connectivity index (χ2n) is 4.42. The molecule has 96 valence electrons. The van der Waals surface area contributed by atoms with Gasteiger partial charge in [0.1, 0.15) is 11.9 Å². The van der Waals surface area contributed by atoms with Crippen LogP contribution in [0.1, 0.15) is 25.5 Å². The Morgan fingerprint density at radius 1 is 1.33 bits per heavy atom. The normalized spacial score (nSPS) is 19.6. The van der Waals surface area contributed by atoms with Gasteiger partial charge in [-0.3, -0.25) is 10.7 Å². The average molecular weight is 253 g/mol. The maximum absolute atomic E-state index is 13.2. The van der Waals surface area contributed by atoms with Gasteiger partial charge in [0.15, 0.2) is 11.6 Å². The lowest BCUT2D eigenvalue weighted by molar-refractivity contribution is 0.190. The minimum absolute atomic E-state index is 0.0280. The Hall–Kier alpha value is -1.98. The number of carbonyl (C=O) groups is 1. The van der Waals surface area contributed by atoms with Gasteiger partial charge < -0.3 is 4.90 Å². The highest BCUT2D eigenvalue weighted by Crippen LogP contribution is 2.28. The quantitative estimate of drug-likeness (QED) is 0.835. The summed E-state index contributed by atoms with van der Waals surface area (Å²) in [5, 5.41) is 10.1. The van der Waals surface area contributed by atoms with E-state index in [0.717, 1.165) is 12.1 Å². The first-order chi connectivity index (χ1) is 8.41. The Labute approximate surface area is 103 Å². The highest BCUT2D eigenvalue weighted by molar-refractivity contribution is 6.06. The van der Waals surface area contributed by atoms with Crippen molar-refractivity contribution >= 4 is 11.9 Å². The van der Waals surface area contributed by atoms with Crippen LogP contribution in [0.3, 0.4) is 0 Å². The van der Waals surface area contributed by atoms with Crippen LogP contribution in [-0.2, 0) is 0 Å². The summed E-state index contributed by atoms with van der Waals surface area (Å²) in [7, 11) is 0. The van der Waals surface area contributed by atoms with Crippen LogP contribution in [0.4, 0.5) is 13.6 Å². The Morgan fingerprint density at radius 3 is 2.56 bits per heavy atom. The Kier molecular flexibility index (Phi) is 3.02. The molecule has 2 rings (SSSR count). The first kappa shape index (κ1) is 12.5. The lowest BCUT2D eigenvalue weighted by Gasteiger charge is -2.26. The number of amidine groups is 1. The van der Waals surface area contributed by atoms with Crippen molar-refractivity contribution in [3.05, 3.63) is 35.4 Å². The Bertz CT molecular complexity index is 516. The van der Waals surface area contributed by atoms with Gasteiger partial charge in [-0.25, -0.2) is 13.6 Å². The largest absolute Gasteiger partial charge is 0.323 e. The molecule has 2 N–H and O–H groups in total. The number of nitrogens with zero attached hydrogens (tertiary/aromatic N) is 1. The lowest BCUT2D eigenvalue weighted by atomic mass is 10.0. The summed E-state index contributed by atoms with van der Waals surface area (Å²) in [6, 6.07) is 2.17. The van der Waals surface area contributed by atoms with Crippen molar-refractivity contribution in [3.63, 3.8) is 0 Å². The molecule has 0 aromatic heterocycles. The molecular weight excluding hydrogens is 240 g/mol. The zero-order chi connectivity index (χ0) is 13.4. The lowest BCUT2D eigenvalue weighted by Crippen LogP contribution is -2.35. The summed E-state index contributed by atoms with van der Waals surface area (Å²) in [6.45, 7) is 3.59. The number of urea groups is 1. The van der Waals surface area contributed by atoms with Gasteiger partial charge >= 0.3 is 6.03 Å². The number of rotatable bonds is 2. The molecule has 1 aliphatic heterocycles. The topological polar surface area (TPSA) is 56.2 Å². The van der Waals surface area contributed by atoms with E-state index in [0.29, 0.717) is 5.56 Å². The molecule has 1 atom stereocenters. The van der Waals surface area contributed by atoms with E-state index in [-0.39, 0.29) is 11.9 Å². The predicted octanol–water partition coefficient (Wildman–Crippen LogP) is 2.42. The van der Waals surface area contributed by atoms with Crippen LogP contribution in [0.15, 0.2) is 18.2 Å². The van der Waals surface area contributed by atoms with E-state index in [9.17, 15) is 13.6 Å². The number of nitrogens with one attached hydrogen (secondary N) is 2. The summed E-state index contributed by atoms with van der Waals surface area (Å²) in [5.74, 6) is -1.96. The van der Waals surface area contributed by atoms with Crippen LogP contribution >= 0.6 is 0 Å². The van der Waals surface area contributed by atoms with Crippen LogP contribution in [0.2, 0.25) is 0 Å². The zero-order valence-corrected chi connectivity index (χ0v) is 10.00. The molecule has 6 heteroatoms. The number of amides is 2. The summed E-state index contributed by atoms with van der Waals surface area (Å²) in [5.41, 5.74) is 0.381. The first-order valence-corrected chi connectivity index (χ1v) is 5.54. The van der Waals surface area contributed by atoms with E-state index < -0.39 is 23.7 Å². The summed E-state index contributed by atoms with van der Waals surface area (Å²) < 4.78 is 26.1. The fourth-order valence-corrected chi connectivity index (χ4v) is 2.05. The molecule has 0 aliphatic carbocycles. The molecule has 2 amide bonds. The number of benzene rings is 1. The van der Waals surface area contributed by atoms with Crippen molar-refractivity contribution in [1.82, 2.24) is 10.2 Å². The molecule has 0 bridgehead atoms. The third kappa shape index (κ3) is 1.94. The SMILES string of the molecule is CC(C)N1C(=O)NC(=N)C1c1ccc(F)c(F)c1. The molecule has 1 unspecified atom stereocenters. The van der Waals surface area contributed by atoms with Crippen molar-refractivity contribution in [2.45, 2.75) is 25.9 Å². The molecule has 1 aromatic rings. The van der Waals surface area contributed by atoms with Crippen molar-refractivity contribution in [2.75, 3.05) is 0 Å². The highest BCUT2D eigenvalue weighted by atomic mass is 19.2. The molecule has 4 nitrogen and oxygen atoms in total. The number of halogens is 2. The van der Waals surface area contributed by atoms with Gasteiger partial charge in [0.2, 0.25) is 0 Å². The first-order valence-electron chi connectivity index (χ1n) is 5.54. The number of hydrogen-bond acceptors (Lipinski definition) is 2. The Balaban J connectivity index is 2.43. The molecule has 1 heterocycles. The summed E-state index contributed by atoms with van der Waals surface area (Å²) in [6.07, 6.45) is 0. The second kappa shape index (κ2) is 4.36. The van der Waals surface area contributed by atoms with E-state index in [1.165, 1.54) is 11.0 Å². The van der Waals surface area contributed by atoms with Crippen molar-refractivity contribution < 1.29 is 13.6 Å². The molecular formula is C12H13F2N3O. The van der Waals surface area contributed by atoms with Crippen LogP contribution in [0.5, 0.6) is 0 Å². The van der Waals surface area contributed by atoms with Gasteiger partial charge in [0.25, 0.3) is 0 Å². The summed E-state index contributed by atoms with van der Waals surface area (Å²) >= 11 is 0. The van der Waals surface area contributed by atoms with Gasteiger partial charge in [-0.15, -0.1) is 0 Å². The second-order valence-corrected chi connectivity index (χ2v) is 4.42. The molecule has 0 spiro atoms. The Morgan fingerprint density at radius 2 is 2.00 bits per heavy atom. The van der Waals surface area contributed by atoms with Gasteiger partial charge in [-0.1, -0.05) is 6.07 Å². The van der Waals surface area contributed by atoms with E-state index in [1.54, 1.807) is 13.8 Å². The maximum Gasteiger partial charge on any atom is 0.323 e. The third-order valence-corrected chi connectivity index (χ3v) is 2.84. The summed E-state index contributed by atoms with van der Waals surface area (Å²) in [4.78, 5) is 13.1. The standard InChI is InChI=1S/C12H13F2N3O/c1-6(2)17-10(11(15)16-12(17)18)7-3-4-8(13)9(14)5-7/h3-6,10H,1-2H3,(H2,15,16,18). The molecule has 0 radical (unpaired) electrons. The third-order valence-electron chi connectivity index (χ3n) is 2.84. The maximum atomic E-state index is 13.2. The van der Waals surface area contributed by atoms with Crippen LogP contribution < -0.4 is 5.32 Å². The minimum atomic E-state index is -0.983. The monoisotopic (exact) mass is 253 g/mol. The van der Waals surface area contributed by atoms with E-state index in [1.807, 2.05) is 0 Å².